The van der Waals surface area contributed by atoms with Crippen molar-refractivity contribution in [1.29, 1.82) is 5.26 Å². The predicted octanol–water partition coefficient (Wildman–Crippen LogP) is 4.74. The van der Waals surface area contributed by atoms with Gasteiger partial charge in [-0.3, -0.25) is 5.01 Å². The highest BCUT2D eigenvalue weighted by atomic mass is 16.3. The van der Waals surface area contributed by atoms with Gasteiger partial charge in [0.15, 0.2) is 0 Å². The molecule has 3 aromatic carbocycles. The van der Waals surface area contributed by atoms with E-state index in [1.54, 1.807) is 35.5 Å². The van der Waals surface area contributed by atoms with Gasteiger partial charge >= 0.3 is 0 Å². The van der Waals surface area contributed by atoms with E-state index in [1.807, 2.05) is 59.6 Å². The summed E-state index contributed by atoms with van der Waals surface area (Å²) in [6.07, 6.45) is 3.22. The Hall–Kier alpha value is -4.57. The average Bonchev–Trinajstić information content (AvgIpc) is 3.48. The lowest BCUT2D eigenvalue weighted by Crippen LogP contribution is -2.27. The summed E-state index contributed by atoms with van der Waals surface area (Å²) in [5.41, 5.74) is 3.83. The number of furan rings is 1. The van der Waals surface area contributed by atoms with Crippen LogP contribution in [0.3, 0.4) is 0 Å². The van der Waals surface area contributed by atoms with E-state index >= 15 is 0 Å². The Labute approximate surface area is 178 Å². The first-order valence-corrected chi connectivity index (χ1v) is 9.65. The van der Waals surface area contributed by atoms with E-state index < -0.39 is 0 Å². The average molecular weight is 407 g/mol. The molecule has 0 saturated heterocycles. The molecule has 7 heteroatoms. The Morgan fingerprint density at radius 3 is 2.48 bits per heavy atom. The molecule has 0 saturated carbocycles. The molecule has 2 heterocycles. The fraction of sp³-hybridized carbons (Fsp3) is 0.0417. The van der Waals surface area contributed by atoms with Crippen molar-refractivity contribution in [2.75, 3.05) is 5.01 Å². The Morgan fingerprint density at radius 2 is 1.74 bits per heavy atom. The summed E-state index contributed by atoms with van der Waals surface area (Å²) in [4.78, 5) is 0. The fourth-order valence-corrected chi connectivity index (χ4v) is 3.51. The van der Waals surface area contributed by atoms with E-state index in [0.717, 1.165) is 22.2 Å². The van der Waals surface area contributed by atoms with Gasteiger partial charge in [0.2, 0.25) is 0 Å². The predicted molar refractivity (Wildman–Crippen MR) is 116 cm³/mol. The monoisotopic (exact) mass is 407 g/mol. The van der Waals surface area contributed by atoms with Gasteiger partial charge in [0, 0.05) is 10.9 Å². The molecule has 0 spiro atoms. The number of anilines is 1. The topological polar surface area (TPSA) is 91.1 Å². The minimum Gasteiger partial charge on any atom is -0.508 e. The number of rotatable bonds is 5. The summed E-state index contributed by atoms with van der Waals surface area (Å²) in [5.74, 6) is 0.845. The number of nitriles is 1. The van der Waals surface area contributed by atoms with E-state index in [1.165, 1.54) is 0 Å². The molecule has 1 N–H and O–H groups in total. The number of phenols is 1. The number of hydrogen-bond donors (Lipinski definition) is 1. The Balaban J connectivity index is 1.60. The maximum Gasteiger partial charge on any atom is 0.139 e. The zero-order chi connectivity index (χ0) is 21.2. The van der Waals surface area contributed by atoms with Gasteiger partial charge in [-0.15, -0.1) is 10.2 Å². The molecule has 0 unspecified atom stereocenters. The smallest absolute Gasteiger partial charge is 0.139 e. The molecule has 0 aliphatic carbocycles. The summed E-state index contributed by atoms with van der Waals surface area (Å²) < 4.78 is 7.80. The van der Waals surface area contributed by atoms with Gasteiger partial charge in [-0.25, -0.2) is 4.68 Å². The largest absolute Gasteiger partial charge is 0.508 e. The van der Waals surface area contributed by atoms with E-state index in [0.29, 0.717) is 23.4 Å². The van der Waals surface area contributed by atoms with Crippen molar-refractivity contribution >= 4 is 16.7 Å². The quantitative estimate of drug-likeness (QED) is 0.453. The summed E-state index contributed by atoms with van der Waals surface area (Å²) in [7, 11) is 0. The molecular weight excluding hydrogens is 390 g/mol. The highest BCUT2D eigenvalue weighted by Crippen LogP contribution is 2.33. The summed E-state index contributed by atoms with van der Waals surface area (Å²) in [6, 6.07) is 24.6. The number of hydrogen-bond acceptors (Lipinski definition) is 6. The first-order chi connectivity index (χ1) is 15.2. The molecule has 5 rings (SSSR count). The standard InChI is InChI=1S/C24H17N5O2/c25-13-19-7-8-20(12-22(19)24-11-18-3-1-2-4-23(18)31-24)29(28-15-26-27-16-28)14-17-5-9-21(30)10-6-17/h1-12,15-16,30H,14H2. The van der Waals surface area contributed by atoms with Crippen LogP contribution in [0.4, 0.5) is 5.69 Å². The van der Waals surface area contributed by atoms with Crippen LogP contribution in [0.2, 0.25) is 0 Å². The number of para-hydroxylation sites is 1. The molecule has 0 bridgehead atoms. The molecule has 0 atom stereocenters. The van der Waals surface area contributed by atoms with Crippen LogP contribution in [0.25, 0.3) is 22.3 Å². The number of aromatic hydroxyl groups is 1. The lowest BCUT2D eigenvalue weighted by atomic mass is 10.0. The summed E-state index contributed by atoms with van der Waals surface area (Å²) in [5, 5.41) is 30.1. The first kappa shape index (κ1) is 18.5. The lowest BCUT2D eigenvalue weighted by Gasteiger charge is -2.25. The van der Waals surface area contributed by atoms with Gasteiger partial charge in [0.05, 0.1) is 23.9 Å². The van der Waals surface area contributed by atoms with Crippen LogP contribution in [0.1, 0.15) is 11.1 Å². The van der Waals surface area contributed by atoms with Crippen LogP contribution < -0.4 is 5.01 Å². The Morgan fingerprint density at radius 1 is 0.968 bits per heavy atom. The number of nitrogens with zero attached hydrogens (tertiary/aromatic N) is 5. The van der Waals surface area contributed by atoms with Gasteiger partial charge in [-0.1, -0.05) is 30.3 Å². The van der Waals surface area contributed by atoms with Crippen LogP contribution in [-0.4, -0.2) is 20.0 Å². The third-order valence-electron chi connectivity index (χ3n) is 5.07. The molecule has 0 fully saturated rings. The maximum absolute atomic E-state index is 9.68. The second-order valence-electron chi connectivity index (χ2n) is 7.06. The van der Waals surface area contributed by atoms with Crippen molar-refractivity contribution in [3.05, 3.63) is 96.6 Å². The fourth-order valence-electron chi connectivity index (χ4n) is 3.51. The molecule has 150 valence electrons. The molecule has 0 amide bonds. The van der Waals surface area contributed by atoms with Crippen molar-refractivity contribution in [2.45, 2.75) is 6.54 Å². The lowest BCUT2D eigenvalue weighted by molar-refractivity contribution is 0.475. The van der Waals surface area contributed by atoms with Crippen LogP contribution in [-0.2, 0) is 6.54 Å². The van der Waals surface area contributed by atoms with Gasteiger partial charge in [0.25, 0.3) is 0 Å². The summed E-state index contributed by atoms with van der Waals surface area (Å²) >= 11 is 0. The van der Waals surface area contributed by atoms with E-state index in [4.69, 9.17) is 4.42 Å². The Kier molecular flexibility index (Phi) is 4.58. The third kappa shape index (κ3) is 3.58. The molecule has 0 aliphatic heterocycles. The highest BCUT2D eigenvalue weighted by molar-refractivity contribution is 5.84. The summed E-state index contributed by atoms with van der Waals surface area (Å²) in [6.45, 7) is 0.504. The molecule has 2 aromatic heterocycles. The molecule has 5 aromatic rings. The van der Waals surface area contributed by atoms with Crippen molar-refractivity contribution in [2.24, 2.45) is 0 Å². The van der Waals surface area contributed by atoms with Gasteiger partial charge < -0.3 is 9.52 Å². The van der Waals surface area contributed by atoms with Crippen LogP contribution >= 0.6 is 0 Å². The number of fused-ring (bicyclic) bond motifs is 1. The van der Waals surface area contributed by atoms with Crippen LogP contribution in [0.5, 0.6) is 5.75 Å². The van der Waals surface area contributed by atoms with E-state index in [-0.39, 0.29) is 5.75 Å². The van der Waals surface area contributed by atoms with Crippen molar-refractivity contribution in [3.63, 3.8) is 0 Å². The van der Waals surface area contributed by atoms with Gasteiger partial charge in [0.1, 0.15) is 29.7 Å². The molecule has 31 heavy (non-hydrogen) atoms. The second-order valence-corrected chi connectivity index (χ2v) is 7.06. The van der Waals surface area contributed by atoms with Crippen molar-refractivity contribution in [3.8, 4) is 23.1 Å². The molecule has 0 radical (unpaired) electrons. The molecule has 7 nitrogen and oxygen atoms in total. The molecule has 0 aliphatic rings. The Bertz CT molecular complexity index is 1350. The van der Waals surface area contributed by atoms with Gasteiger partial charge in [-0.2, -0.15) is 5.26 Å². The minimum atomic E-state index is 0.213. The van der Waals surface area contributed by atoms with Crippen molar-refractivity contribution in [1.82, 2.24) is 14.9 Å². The van der Waals surface area contributed by atoms with E-state index in [2.05, 4.69) is 16.3 Å². The SMILES string of the molecule is N#Cc1ccc(N(Cc2ccc(O)cc2)n2cnnc2)cc1-c1cc2ccccc2o1. The first-order valence-electron chi connectivity index (χ1n) is 9.65. The third-order valence-corrected chi connectivity index (χ3v) is 5.07. The molecular formula is C24H17N5O2. The maximum atomic E-state index is 9.68. The second kappa shape index (κ2) is 7.69. The normalized spacial score (nSPS) is 10.8. The zero-order valence-corrected chi connectivity index (χ0v) is 16.4. The number of phenolic OH excluding ortho intramolecular Hbond substituents is 1. The number of aromatic nitrogens is 3. The zero-order valence-electron chi connectivity index (χ0n) is 16.4. The van der Waals surface area contributed by atoms with E-state index in [9.17, 15) is 10.4 Å². The minimum absolute atomic E-state index is 0.213. The van der Waals surface area contributed by atoms with Gasteiger partial charge in [-0.05, 0) is 48.0 Å². The highest BCUT2D eigenvalue weighted by Gasteiger charge is 2.16. The number of benzene rings is 3. The van der Waals surface area contributed by atoms with Crippen LogP contribution in [0.15, 0.2) is 89.9 Å². The van der Waals surface area contributed by atoms with Crippen LogP contribution in [0, 0.1) is 11.3 Å². The van der Waals surface area contributed by atoms with Crippen molar-refractivity contribution < 1.29 is 9.52 Å².